The number of aliphatic imine (C=N–C) groups is 1. The van der Waals surface area contributed by atoms with Gasteiger partial charge < -0.3 is 15.5 Å². The van der Waals surface area contributed by atoms with Gasteiger partial charge >= 0.3 is 0 Å². The van der Waals surface area contributed by atoms with Crippen LogP contribution in [0.2, 0.25) is 0 Å². The highest BCUT2D eigenvalue weighted by Gasteiger charge is 2.42. The fourth-order valence-corrected chi connectivity index (χ4v) is 4.67. The molecule has 0 bridgehead atoms. The second-order valence-electron chi connectivity index (χ2n) is 7.95. The number of amides is 1. The van der Waals surface area contributed by atoms with Crippen molar-refractivity contribution in [2.75, 3.05) is 33.9 Å². The summed E-state index contributed by atoms with van der Waals surface area (Å²) in [6.45, 7) is 0.681. The lowest BCUT2D eigenvalue weighted by molar-refractivity contribution is -0.138. The topological polar surface area (TPSA) is 90.9 Å². The second kappa shape index (κ2) is 11.3. The van der Waals surface area contributed by atoms with Crippen LogP contribution in [0.5, 0.6) is 0 Å². The molecule has 1 aliphatic carbocycles. The van der Waals surface area contributed by atoms with Crippen LogP contribution < -0.4 is 10.6 Å². The van der Waals surface area contributed by atoms with Crippen molar-refractivity contribution >= 4 is 45.7 Å². The van der Waals surface area contributed by atoms with Crippen molar-refractivity contribution in [1.82, 2.24) is 15.5 Å². The molecule has 170 valence electrons. The number of hydrogen-bond acceptors (Lipinski definition) is 4. The van der Waals surface area contributed by atoms with E-state index in [-0.39, 0.29) is 42.2 Å². The highest BCUT2D eigenvalue weighted by molar-refractivity contribution is 14.0. The maximum absolute atomic E-state index is 13.7. The first-order valence-corrected chi connectivity index (χ1v) is 11.7. The molecule has 2 N–H and O–H groups in total. The molecule has 0 saturated heterocycles. The van der Waals surface area contributed by atoms with Gasteiger partial charge in [0.05, 0.1) is 11.2 Å². The molecule has 0 heterocycles. The molecule has 0 radical (unpaired) electrons. The average Bonchev–Trinajstić information content (AvgIpc) is 3.12. The van der Waals surface area contributed by atoms with Gasteiger partial charge in [0, 0.05) is 40.5 Å². The molecule has 2 rings (SSSR count). The van der Waals surface area contributed by atoms with Crippen LogP contribution in [0.4, 0.5) is 4.39 Å². The molecule has 0 aromatic heterocycles. The van der Waals surface area contributed by atoms with E-state index in [4.69, 9.17) is 0 Å². The van der Waals surface area contributed by atoms with E-state index >= 15 is 0 Å². The molecular formula is C20H32FIN4O3S. The van der Waals surface area contributed by atoms with Crippen molar-refractivity contribution in [3.05, 3.63) is 35.1 Å². The first kappa shape index (κ1) is 26.6. The van der Waals surface area contributed by atoms with E-state index in [2.05, 4.69) is 15.6 Å². The maximum atomic E-state index is 13.7. The number of benzene rings is 1. The minimum absolute atomic E-state index is 0. The summed E-state index contributed by atoms with van der Waals surface area (Å²) in [5, 5.41) is 6.32. The molecule has 10 heteroatoms. The van der Waals surface area contributed by atoms with Crippen LogP contribution in [0, 0.1) is 11.2 Å². The lowest BCUT2D eigenvalue weighted by Crippen LogP contribution is -2.49. The van der Waals surface area contributed by atoms with Crippen molar-refractivity contribution in [2.24, 2.45) is 10.4 Å². The Bertz CT molecular complexity index is 869. The van der Waals surface area contributed by atoms with Gasteiger partial charge in [0.2, 0.25) is 5.91 Å². The predicted octanol–water partition coefficient (Wildman–Crippen LogP) is 2.30. The Kier molecular flexibility index (Phi) is 9.99. The first-order valence-electron chi connectivity index (χ1n) is 9.68. The lowest BCUT2D eigenvalue weighted by atomic mass is 9.84. The van der Waals surface area contributed by atoms with Gasteiger partial charge in [0.1, 0.15) is 5.82 Å². The van der Waals surface area contributed by atoms with E-state index < -0.39 is 21.1 Å². The molecular weight excluding hydrogens is 522 g/mol. The third kappa shape index (κ3) is 7.36. The van der Waals surface area contributed by atoms with E-state index in [0.717, 1.165) is 31.9 Å². The molecule has 1 aromatic carbocycles. The number of guanidine groups is 1. The lowest BCUT2D eigenvalue weighted by Gasteiger charge is -2.31. The van der Waals surface area contributed by atoms with Gasteiger partial charge in [-0.25, -0.2) is 12.8 Å². The Morgan fingerprint density at radius 3 is 2.37 bits per heavy atom. The molecule has 0 unspecified atom stereocenters. The normalized spacial score (nSPS) is 16.0. The van der Waals surface area contributed by atoms with Gasteiger partial charge in [0.25, 0.3) is 0 Å². The van der Waals surface area contributed by atoms with Crippen LogP contribution in [0.25, 0.3) is 0 Å². The first-order chi connectivity index (χ1) is 13.6. The summed E-state index contributed by atoms with van der Waals surface area (Å²) in [5.41, 5.74) is 0.659. The predicted molar refractivity (Wildman–Crippen MR) is 128 cm³/mol. The van der Waals surface area contributed by atoms with Crippen molar-refractivity contribution in [1.29, 1.82) is 0 Å². The fraction of sp³-hybridized carbons (Fsp3) is 0.600. The van der Waals surface area contributed by atoms with Gasteiger partial charge in [-0.3, -0.25) is 9.79 Å². The molecule has 0 atom stereocenters. The van der Waals surface area contributed by atoms with Crippen LogP contribution in [0.15, 0.2) is 23.2 Å². The Labute approximate surface area is 195 Å². The second-order valence-corrected chi connectivity index (χ2v) is 10.1. The number of nitrogens with zero attached hydrogens (tertiary/aromatic N) is 2. The van der Waals surface area contributed by atoms with Gasteiger partial charge in [-0.05, 0) is 36.1 Å². The average molecular weight is 554 g/mol. The third-order valence-electron chi connectivity index (χ3n) is 5.27. The Balaban J connectivity index is 0.00000450. The Hall–Kier alpha value is -1.43. The quantitative estimate of drug-likeness (QED) is 0.307. The smallest absolute Gasteiger partial charge is 0.230 e. The van der Waals surface area contributed by atoms with E-state index in [1.807, 2.05) is 0 Å². The van der Waals surface area contributed by atoms with Gasteiger partial charge in [-0.2, -0.15) is 0 Å². The van der Waals surface area contributed by atoms with Crippen molar-refractivity contribution in [3.63, 3.8) is 0 Å². The van der Waals surface area contributed by atoms with E-state index in [9.17, 15) is 17.6 Å². The molecule has 0 spiro atoms. The summed E-state index contributed by atoms with van der Waals surface area (Å²) in [6.07, 6.45) is 4.85. The summed E-state index contributed by atoms with van der Waals surface area (Å²) in [7, 11) is 1.91. The van der Waals surface area contributed by atoms with Crippen molar-refractivity contribution in [3.8, 4) is 0 Å². The fourth-order valence-electron chi connectivity index (χ4n) is 3.83. The number of sulfone groups is 1. The summed E-state index contributed by atoms with van der Waals surface area (Å²) < 4.78 is 37.0. The maximum Gasteiger partial charge on any atom is 0.230 e. The van der Waals surface area contributed by atoms with Gasteiger partial charge in [0.15, 0.2) is 15.8 Å². The SMILES string of the molecule is CN=C(NCc1cc(F)ccc1CS(C)(=O)=O)NCC1(C(=O)N(C)C)CCCC1.I. The van der Waals surface area contributed by atoms with Crippen LogP contribution in [0.1, 0.15) is 36.8 Å². The van der Waals surface area contributed by atoms with E-state index in [1.54, 1.807) is 26.0 Å². The Morgan fingerprint density at radius 2 is 1.83 bits per heavy atom. The van der Waals surface area contributed by atoms with E-state index in [1.165, 1.54) is 18.2 Å². The number of halogens is 2. The van der Waals surface area contributed by atoms with Crippen LogP contribution in [0.3, 0.4) is 0 Å². The monoisotopic (exact) mass is 554 g/mol. The number of nitrogens with one attached hydrogen (secondary N) is 2. The summed E-state index contributed by atoms with van der Waals surface area (Å²) in [5.74, 6) is 0.0101. The zero-order valence-electron chi connectivity index (χ0n) is 18.0. The largest absolute Gasteiger partial charge is 0.355 e. The molecule has 1 saturated carbocycles. The molecule has 1 aliphatic rings. The van der Waals surface area contributed by atoms with Crippen LogP contribution in [-0.4, -0.2) is 59.1 Å². The molecule has 0 aliphatic heterocycles. The number of hydrogen-bond donors (Lipinski definition) is 2. The number of rotatable bonds is 7. The molecule has 30 heavy (non-hydrogen) atoms. The highest BCUT2D eigenvalue weighted by atomic mass is 127. The van der Waals surface area contributed by atoms with Gasteiger partial charge in [-0.15, -0.1) is 24.0 Å². The Morgan fingerprint density at radius 1 is 1.20 bits per heavy atom. The minimum atomic E-state index is -3.24. The summed E-state index contributed by atoms with van der Waals surface area (Å²) in [6, 6.07) is 4.08. The molecule has 7 nitrogen and oxygen atoms in total. The molecule has 1 aromatic rings. The summed E-state index contributed by atoms with van der Waals surface area (Å²) in [4.78, 5) is 18.5. The van der Waals surface area contributed by atoms with Crippen LogP contribution >= 0.6 is 24.0 Å². The highest BCUT2D eigenvalue weighted by Crippen LogP contribution is 2.38. The standard InChI is InChI=1S/C20H31FN4O3S.HI/c1-22-19(24-14-20(9-5-6-10-20)18(26)25(2)3)23-12-16-11-17(21)8-7-15(16)13-29(4,27)28;/h7-8,11H,5-6,9-10,12-14H2,1-4H3,(H2,22,23,24);1H. The zero-order valence-corrected chi connectivity index (χ0v) is 21.1. The van der Waals surface area contributed by atoms with Gasteiger partial charge in [-0.1, -0.05) is 18.9 Å². The van der Waals surface area contributed by atoms with Crippen molar-refractivity contribution < 1.29 is 17.6 Å². The summed E-state index contributed by atoms with van der Waals surface area (Å²) >= 11 is 0. The van der Waals surface area contributed by atoms with Crippen molar-refractivity contribution in [2.45, 2.75) is 38.0 Å². The number of carbonyl (C=O) groups is 1. The zero-order chi connectivity index (χ0) is 21.7. The van der Waals surface area contributed by atoms with E-state index in [0.29, 0.717) is 23.6 Å². The molecule has 1 amide bonds. The van der Waals surface area contributed by atoms with Crippen LogP contribution in [-0.2, 0) is 26.9 Å². The third-order valence-corrected chi connectivity index (χ3v) is 6.11. The minimum Gasteiger partial charge on any atom is -0.355 e. The number of carbonyl (C=O) groups excluding carboxylic acids is 1. The molecule has 1 fully saturated rings.